The number of carbonyl (C=O) groups is 1. The predicted molar refractivity (Wildman–Crippen MR) is 78.5 cm³/mol. The highest BCUT2D eigenvalue weighted by Crippen LogP contribution is 2.14. The predicted octanol–water partition coefficient (Wildman–Crippen LogP) is 0.0883. The lowest BCUT2D eigenvalue weighted by atomic mass is 10.1. The zero-order valence-corrected chi connectivity index (χ0v) is 13.5. The number of hydrogen-bond acceptors (Lipinski definition) is 5. The molecule has 118 valence electrons. The molecule has 1 atom stereocenters. The molecule has 8 heteroatoms. The number of fused-ring (bicyclic) bond motifs is 1. The minimum atomic E-state index is -3.33. The highest BCUT2D eigenvalue weighted by molar-refractivity contribution is 7.92. The van der Waals surface area contributed by atoms with E-state index in [4.69, 9.17) is 0 Å². The lowest BCUT2D eigenvalue weighted by Gasteiger charge is -2.24. The van der Waals surface area contributed by atoms with Gasteiger partial charge in [0.15, 0.2) is 9.84 Å². The standard InChI is InChI=1S/C13H22N4O3S/c1-9(2)7-21(19,20)8-13(18)14-11-4-5-12-16-15-10(3)17(12)6-11/h9,11H,4-8H2,1-3H3,(H,14,18)/t11-/m0/s1. The Bertz CT molecular complexity index is 621. The maximum atomic E-state index is 11.9. The fourth-order valence-corrected chi connectivity index (χ4v) is 4.23. The summed E-state index contributed by atoms with van der Waals surface area (Å²) < 4.78 is 25.6. The van der Waals surface area contributed by atoms with Gasteiger partial charge in [-0.3, -0.25) is 4.79 Å². The van der Waals surface area contributed by atoms with E-state index >= 15 is 0 Å². The Labute approximate surface area is 125 Å². The summed E-state index contributed by atoms with van der Waals surface area (Å²) in [5.41, 5.74) is 0. The number of amides is 1. The van der Waals surface area contributed by atoms with Crippen LogP contribution in [0.4, 0.5) is 0 Å². The first-order valence-electron chi connectivity index (χ1n) is 7.15. The number of aryl methyl sites for hydroxylation is 2. The van der Waals surface area contributed by atoms with Crippen molar-refractivity contribution in [3.63, 3.8) is 0 Å². The van der Waals surface area contributed by atoms with Crippen LogP contribution in [0.25, 0.3) is 0 Å². The molecular weight excluding hydrogens is 292 g/mol. The van der Waals surface area contributed by atoms with Gasteiger partial charge in [-0.05, 0) is 19.3 Å². The van der Waals surface area contributed by atoms with Gasteiger partial charge < -0.3 is 9.88 Å². The van der Waals surface area contributed by atoms with Gasteiger partial charge in [-0.15, -0.1) is 10.2 Å². The zero-order chi connectivity index (χ0) is 15.6. The van der Waals surface area contributed by atoms with E-state index < -0.39 is 21.5 Å². The van der Waals surface area contributed by atoms with Gasteiger partial charge in [0.05, 0.1) is 5.75 Å². The third-order valence-corrected chi connectivity index (χ3v) is 5.31. The smallest absolute Gasteiger partial charge is 0.235 e. The molecule has 0 spiro atoms. The summed E-state index contributed by atoms with van der Waals surface area (Å²) in [6.45, 7) is 6.12. The number of nitrogens with one attached hydrogen (secondary N) is 1. The number of nitrogens with zero attached hydrogens (tertiary/aromatic N) is 3. The molecular formula is C13H22N4O3S. The third-order valence-electron chi connectivity index (χ3n) is 3.44. The summed E-state index contributed by atoms with van der Waals surface area (Å²) in [5, 5.41) is 10.9. The molecule has 1 aliphatic heterocycles. The molecule has 0 radical (unpaired) electrons. The van der Waals surface area contributed by atoms with Crippen LogP contribution in [0.3, 0.4) is 0 Å². The summed E-state index contributed by atoms with van der Waals surface area (Å²) in [4.78, 5) is 11.9. The molecule has 0 fully saturated rings. The first-order chi connectivity index (χ1) is 9.77. The molecule has 0 aliphatic carbocycles. The van der Waals surface area contributed by atoms with Crippen molar-refractivity contribution in [2.75, 3.05) is 11.5 Å². The zero-order valence-electron chi connectivity index (χ0n) is 12.7. The number of carbonyl (C=O) groups excluding carboxylic acids is 1. The Hall–Kier alpha value is -1.44. The van der Waals surface area contributed by atoms with E-state index in [0.717, 1.165) is 24.5 Å². The Kier molecular flexibility index (Phi) is 4.65. The molecule has 2 heterocycles. The second-order valence-electron chi connectivity index (χ2n) is 6.03. The van der Waals surface area contributed by atoms with E-state index in [1.807, 2.05) is 25.3 Å². The summed E-state index contributed by atoms with van der Waals surface area (Å²) in [5.74, 6) is 0.950. The lowest BCUT2D eigenvalue weighted by Crippen LogP contribution is -2.43. The molecule has 0 unspecified atom stereocenters. The van der Waals surface area contributed by atoms with Gasteiger partial charge in [0, 0.05) is 19.0 Å². The minimum absolute atomic E-state index is 0.0275. The van der Waals surface area contributed by atoms with Crippen molar-refractivity contribution >= 4 is 15.7 Å². The number of aromatic nitrogens is 3. The van der Waals surface area contributed by atoms with Crippen molar-refractivity contribution in [3.8, 4) is 0 Å². The molecule has 0 saturated carbocycles. The summed E-state index contributed by atoms with van der Waals surface area (Å²) in [6.07, 6.45) is 1.50. The highest BCUT2D eigenvalue weighted by Gasteiger charge is 2.25. The van der Waals surface area contributed by atoms with Crippen molar-refractivity contribution in [2.24, 2.45) is 5.92 Å². The van der Waals surface area contributed by atoms with Crippen molar-refractivity contribution in [2.45, 2.75) is 46.2 Å². The van der Waals surface area contributed by atoms with Crippen LogP contribution >= 0.6 is 0 Å². The van der Waals surface area contributed by atoms with Crippen LogP contribution in [-0.2, 0) is 27.6 Å². The molecule has 1 aromatic rings. The molecule has 0 bridgehead atoms. The van der Waals surface area contributed by atoms with E-state index in [1.165, 1.54) is 0 Å². The van der Waals surface area contributed by atoms with Crippen LogP contribution < -0.4 is 5.32 Å². The van der Waals surface area contributed by atoms with Crippen molar-refractivity contribution in [3.05, 3.63) is 11.6 Å². The summed E-state index contributed by atoms with van der Waals surface area (Å²) in [7, 11) is -3.33. The Morgan fingerprint density at radius 2 is 2.14 bits per heavy atom. The average Bonchev–Trinajstić information content (AvgIpc) is 2.68. The van der Waals surface area contributed by atoms with Gasteiger partial charge in [-0.25, -0.2) is 8.42 Å². The van der Waals surface area contributed by atoms with Gasteiger partial charge in [-0.1, -0.05) is 13.8 Å². The minimum Gasteiger partial charge on any atom is -0.351 e. The van der Waals surface area contributed by atoms with E-state index in [1.54, 1.807) is 0 Å². The van der Waals surface area contributed by atoms with Crippen LogP contribution in [0.2, 0.25) is 0 Å². The highest BCUT2D eigenvalue weighted by atomic mass is 32.2. The maximum Gasteiger partial charge on any atom is 0.235 e. The number of rotatable bonds is 5. The summed E-state index contributed by atoms with van der Waals surface area (Å²) in [6, 6.07) is -0.0612. The second kappa shape index (κ2) is 6.13. The summed E-state index contributed by atoms with van der Waals surface area (Å²) >= 11 is 0. The quantitative estimate of drug-likeness (QED) is 0.831. The Morgan fingerprint density at radius 3 is 2.81 bits per heavy atom. The van der Waals surface area contributed by atoms with Gasteiger partial charge in [0.25, 0.3) is 0 Å². The molecule has 2 rings (SSSR count). The van der Waals surface area contributed by atoms with Crippen LogP contribution in [0.5, 0.6) is 0 Å². The van der Waals surface area contributed by atoms with E-state index in [2.05, 4.69) is 15.5 Å². The molecule has 1 aromatic heterocycles. The lowest BCUT2D eigenvalue weighted by molar-refractivity contribution is -0.119. The first-order valence-corrected chi connectivity index (χ1v) is 8.97. The third kappa shape index (κ3) is 4.26. The average molecular weight is 314 g/mol. The largest absolute Gasteiger partial charge is 0.351 e. The molecule has 1 amide bonds. The van der Waals surface area contributed by atoms with Gasteiger partial charge in [0.2, 0.25) is 5.91 Å². The van der Waals surface area contributed by atoms with Gasteiger partial charge in [0.1, 0.15) is 17.4 Å². The fourth-order valence-electron chi connectivity index (χ4n) is 2.62. The van der Waals surface area contributed by atoms with Gasteiger partial charge in [-0.2, -0.15) is 0 Å². The van der Waals surface area contributed by atoms with Crippen LogP contribution in [0.1, 0.15) is 31.9 Å². The molecule has 0 saturated heterocycles. The van der Waals surface area contributed by atoms with E-state index in [9.17, 15) is 13.2 Å². The maximum absolute atomic E-state index is 11.9. The SMILES string of the molecule is Cc1nnc2n1C[C@@H](NC(=O)CS(=O)(=O)CC(C)C)CC2. The molecule has 21 heavy (non-hydrogen) atoms. The van der Waals surface area contributed by atoms with Crippen LogP contribution in [0.15, 0.2) is 0 Å². The van der Waals surface area contributed by atoms with Crippen LogP contribution in [-0.4, -0.2) is 46.6 Å². The molecule has 1 aliphatic rings. The Balaban J connectivity index is 1.91. The molecule has 7 nitrogen and oxygen atoms in total. The van der Waals surface area contributed by atoms with Crippen molar-refractivity contribution in [1.29, 1.82) is 0 Å². The molecule has 0 aromatic carbocycles. The second-order valence-corrected chi connectivity index (χ2v) is 8.13. The normalized spacial score (nSPS) is 18.6. The van der Waals surface area contributed by atoms with Gasteiger partial charge >= 0.3 is 0 Å². The van der Waals surface area contributed by atoms with Crippen molar-refractivity contribution < 1.29 is 13.2 Å². The van der Waals surface area contributed by atoms with E-state index in [-0.39, 0.29) is 17.7 Å². The topological polar surface area (TPSA) is 93.9 Å². The number of sulfone groups is 1. The monoisotopic (exact) mass is 314 g/mol. The first kappa shape index (κ1) is 15.9. The van der Waals surface area contributed by atoms with E-state index in [0.29, 0.717) is 6.54 Å². The van der Waals surface area contributed by atoms with Crippen LogP contribution in [0, 0.1) is 12.8 Å². The van der Waals surface area contributed by atoms with Crippen molar-refractivity contribution in [1.82, 2.24) is 20.1 Å². The number of hydrogen-bond donors (Lipinski definition) is 1. The fraction of sp³-hybridized carbons (Fsp3) is 0.769. The Morgan fingerprint density at radius 1 is 1.43 bits per heavy atom. The molecule has 1 N–H and O–H groups in total.